The second kappa shape index (κ2) is 12.0. The van der Waals surface area contributed by atoms with Gasteiger partial charge in [-0.15, -0.1) is 0 Å². The minimum Gasteiger partial charge on any atom is -0.338 e. The molecule has 0 saturated carbocycles. The molecule has 3 amide bonds. The molecule has 0 unspecified atom stereocenters. The topological polar surface area (TPSA) is 92.3 Å². The van der Waals surface area contributed by atoms with Crippen molar-refractivity contribution in [2.75, 3.05) is 31.5 Å². The van der Waals surface area contributed by atoms with Crippen molar-refractivity contribution in [1.29, 1.82) is 0 Å². The van der Waals surface area contributed by atoms with E-state index in [1.807, 2.05) is 12.1 Å². The van der Waals surface area contributed by atoms with Crippen LogP contribution < -0.4 is 10.6 Å². The van der Waals surface area contributed by atoms with E-state index in [0.717, 1.165) is 37.9 Å². The van der Waals surface area contributed by atoms with E-state index < -0.39 is 6.03 Å². The van der Waals surface area contributed by atoms with Crippen molar-refractivity contribution in [1.82, 2.24) is 5.32 Å². The lowest BCUT2D eigenvalue weighted by Gasteiger charge is -2.41. The average Bonchev–Trinajstić information content (AvgIpc) is 2.84. The number of hydrogen-bond donors (Lipinski definition) is 2. The summed E-state index contributed by atoms with van der Waals surface area (Å²) in [4.78, 5) is 48.4. The zero-order valence-electron chi connectivity index (χ0n) is 21.2. The molecule has 0 atom stereocenters. The van der Waals surface area contributed by atoms with Crippen molar-refractivity contribution in [3.05, 3.63) is 65.0 Å². The van der Waals surface area contributed by atoms with Crippen molar-refractivity contribution in [2.45, 2.75) is 46.5 Å². The van der Waals surface area contributed by atoms with Crippen LogP contribution in [0.3, 0.4) is 0 Å². The molecule has 1 heterocycles. The van der Waals surface area contributed by atoms with Gasteiger partial charge in [0, 0.05) is 42.6 Å². The number of benzene rings is 2. The van der Waals surface area contributed by atoms with E-state index in [0.29, 0.717) is 46.7 Å². The first-order valence-corrected chi connectivity index (χ1v) is 12.4. The minimum absolute atomic E-state index is 0.137. The average molecular weight is 497 g/mol. The van der Waals surface area contributed by atoms with Crippen molar-refractivity contribution >= 4 is 29.2 Å². The fraction of sp³-hybridized carbons (Fsp3) is 0.429. The normalized spacial score (nSPS) is 19.4. The third-order valence-electron chi connectivity index (χ3n) is 7.09. The van der Waals surface area contributed by atoms with Crippen LogP contribution in [0.4, 0.5) is 14.9 Å². The molecule has 2 aromatic rings. The number of nitrogens with one attached hydrogen (secondary N) is 2. The number of quaternary nitrogens is 1. The number of carbonyl (C=O) groups is 4. The Labute approximate surface area is 211 Å². The van der Waals surface area contributed by atoms with Crippen molar-refractivity contribution < 1.29 is 28.1 Å². The van der Waals surface area contributed by atoms with E-state index in [2.05, 4.69) is 10.6 Å². The molecular formula is C28H35FN3O4+. The largest absolute Gasteiger partial charge is 0.338 e. The van der Waals surface area contributed by atoms with Crippen LogP contribution in [0.5, 0.6) is 0 Å². The Hall–Kier alpha value is -3.39. The zero-order chi connectivity index (χ0) is 26.3. The van der Waals surface area contributed by atoms with Gasteiger partial charge in [-0.1, -0.05) is 12.1 Å². The summed E-state index contributed by atoms with van der Waals surface area (Å²) in [5, 5.41) is 5.48. The van der Waals surface area contributed by atoms with Gasteiger partial charge in [0.25, 0.3) is 0 Å². The van der Waals surface area contributed by atoms with Gasteiger partial charge in [0.1, 0.15) is 5.82 Å². The Morgan fingerprint density at radius 2 is 1.50 bits per heavy atom. The molecule has 0 aromatic heterocycles. The van der Waals surface area contributed by atoms with Gasteiger partial charge in [0.15, 0.2) is 11.6 Å². The minimum atomic E-state index is -0.433. The standard InChI is InChI=1S/C28H34FN3O4/c1-19(33)24-16-25(20(2)34)18-27(17-24)31-28(36)30-11-4-12-32(21(3)35)13-9-23(10-14-32)15-22-5-7-26(29)8-6-22/h5-8,16-18,23H,4,9-15H2,1-3H3,(H-,30,31,36)/p+1. The second-order valence-electron chi connectivity index (χ2n) is 9.75. The molecule has 0 aliphatic carbocycles. The second-order valence-corrected chi connectivity index (χ2v) is 9.75. The smallest absolute Gasteiger partial charge is 0.319 e. The number of nitrogens with zero attached hydrogens (tertiary/aromatic N) is 1. The fourth-order valence-electron chi connectivity index (χ4n) is 4.83. The molecular weight excluding hydrogens is 461 g/mol. The van der Waals surface area contributed by atoms with Gasteiger partial charge in [0.05, 0.1) is 26.6 Å². The third kappa shape index (κ3) is 7.31. The van der Waals surface area contributed by atoms with Crippen LogP contribution in [0.15, 0.2) is 42.5 Å². The van der Waals surface area contributed by atoms with Crippen molar-refractivity contribution in [3.63, 3.8) is 0 Å². The summed E-state index contributed by atoms with van der Waals surface area (Å²) in [6.07, 6.45) is 3.38. The highest BCUT2D eigenvalue weighted by atomic mass is 19.1. The monoisotopic (exact) mass is 496 g/mol. The van der Waals surface area contributed by atoms with E-state index in [4.69, 9.17) is 0 Å². The number of anilines is 1. The molecule has 0 radical (unpaired) electrons. The number of halogens is 1. The van der Waals surface area contributed by atoms with Gasteiger partial charge in [-0.05, 0) is 62.1 Å². The van der Waals surface area contributed by atoms with Crippen LogP contribution in [0, 0.1) is 11.7 Å². The Bertz CT molecular complexity index is 1090. The van der Waals surface area contributed by atoms with Crippen LogP contribution in [0.2, 0.25) is 0 Å². The quantitative estimate of drug-likeness (QED) is 0.298. The number of hydrogen-bond acceptors (Lipinski definition) is 4. The summed E-state index contributed by atoms with van der Waals surface area (Å²) in [5.74, 6) is -0.0158. The summed E-state index contributed by atoms with van der Waals surface area (Å²) in [5.41, 5.74) is 2.20. The summed E-state index contributed by atoms with van der Waals surface area (Å²) in [6.45, 7) is 7.01. The van der Waals surface area contributed by atoms with Crippen LogP contribution >= 0.6 is 0 Å². The number of rotatable bonds is 9. The lowest BCUT2D eigenvalue weighted by atomic mass is 9.88. The zero-order valence-corrected chi connectivity index (χ0v) is 21.2. The highest BCUT2D eigenvalue weighted by Gasteiger charge is 2.37. The first kappa shape index (κ1) is 27.2. The molecule has 7 nitrogen and oxygen atoms in total. The first-order valence-electron chi connectivity index (χ1n) is 12.4. The molecule has 0 bridgehead atoms. The Morgan fingerprint density at radius 3 is 2.03 bits per heavy atom. The maximum absolute atomic E-state index is 13.2. The predicted octanol–water partition coefficient (Wildman–Crippen LogP) is 4.76. The Morgan fingerprint density at radius 1 is 0.917 bits per heavy atom. The van der Waals surface area contributed by atoms with Crippen molar-refractivity contribution in [2.24, 2.45) is 5.92 Å². The van der Waals surface area contributed by atoms with Gasteiger partial charge in [-0.3, -0.25) is 14.1 Å². The molecule has 1 fully saturated rings. The van der Waals surface area contributed by atoms with Crippen molar-refractivity contribution in [3.8, 4) is 0 Å². The van der Waals surface area contributed by atoms with Gasteiger partial charge in [0.2, 0.25) is 0 Å². The molecule has 1 aliphatic heterocycles. The lowest BCUT2D eigenvalue weighted by Crippen LogP contribution is -2.57. The fourth-order valence-corrected chi connectivity index (χ4v) is 4.83. The third-order valence-corrected chi connectivity index (χ3v) is 7.09. The van der Waals surface area contributed by atoms with Crippen LogP contribution in [-0.2, 0) is 11.2 Å². The maximum atomic E-state index is 13.2. The lowest BCUT2D eigenvalue weighted by molar-refractivity contribution is -0.860. The number of amides is 3. The Kier molecular flexibility index (Phi) is 9.09. The highest BCUT2D eigenvalue weighted by Crippen LogP contribution is 2.27. The Balaban J connectivity index is 1.48. The number of Topliss-reactive ketones (excluding diaryl/α,β-unsaturated/α-hetero) is 2. The van der Waals surface area contributed by atoms with Gasteiger partial charge in [-0.2, -0.15) is 0 Å². The number of carbonyl (C=O) groups excluding carboxylic acids is 4. The predicted molar refractivity (Wildman–Crippen MR) is 136 cm³/mol. The first-order chi connectivity index (χ1) is 17.1. The van der Waals surface area contributed by atoms with Crippen LogP contribution in [-0.4, -0.2) is 54.2 Å². The number of urea groups is 1. The molecule has 1 saturated heterocycles. The van der Waals surface area contributed by atoms with E-state index in [-0.39, 0.29) is 23.3 Å². The SMILES string of the molecule is CC(=O)c1cc(NC(=O)NCCC[N+]2(C(C)=O)CCC(Cc3ccc(F)cc3)CC2)cc(C(C)=O)c1. The molecule has 2 aromatic carbocycles. The molecule has 36 heavy (non-hydrogen) atoms. The van der Waals surface area contributed by atoms with Gasteiger partial charge >= 0.3 is 11.9 Å². The van der Waals surface area contributed by atoms with E-state index in [1.54, 1.807) is 19.1 Å². The highest BCUT2D eigenvalue weighted by molar-refractivity contribution is 6.02. The summed E-state index contributed by atoms with van der Waals surface area (Å²) in [6, 6.07) is 10.8. The summed E-state index contributed by atoms with van der Waals surface area (Å²) < 4.78 is 13.6. The molecule has 0 spiro atoms. The molecule has 1 aliphatic rings. The molecule has 3 rings (SSSR count). The van der Waals surface area contributed by atoms with Gasteiger partial charge < -0.3 is 10.6 Å². The maximum Gasteiger partial charge on any atom is 0.319 e. The van der Waals surface area contributed by atoms with E-state index in [9.17, 15) is 23.6 Å². The van der Waals surface area contributed by atoms with Crippen LogP contribution in [0.25, 0.3) is 0 Å². The van der Waals surface area contributed by atoms with Gasteiger partial charge in [-0.25, -0.2) is 14.0 Å². The van der Waals surface area contributed by atoms with E-state index >= 15 is 0 Å². The molecule has 2 N–H and O–H groups in total. The molecule has 192 valence electrons. The van der Waals surface area contributed by atoms with Crippen LogP contribution in [0.1, 0.15) is 66.3 Å². The summed E-state index contributed by atoms with van der Waals surface area (Å²) >= 11 is 0. The number of ketones is 2. The van der Waals surface area contributed by atoms with E-state index in [1.165, 1.54) is 32.0 Å². The number of likely N-dealkylation sites (tertiary alicyclic amines) is 1. The number of piperidine rings is 1. The molecule has 8 heteroatoms. The summed E-state index contributed by atoms with van der Waals surface area (Å²) in [7, 11) is 0.